The fraction of sp³-hybridized carbons (Fsp3) is 0.625. The topological polar surface area (TPSA) is 410 Å². The number of carbonyl (C=O) groups is 5. The normalized spacial score (nSPS) is 27.4. The molecule has 0 radical (unpaired) electrons. The van der Waals surface area contributed by atoms with Crippen molar-refractivity contribution in [2.45, 2.75) is 82.9 Å². The zero-order valence-corrected chi connectivity index (χ0v) is 29.9. The largest absolute Gasteiger partial charge is 0.481 e. The molecule has 0 spiro atoms. The van der Waals surface area contributed by atoms with Crippen LogP contribution in [0.5, 0.6) is 0 Å². The molecular weight excluding hydrogens is 786 g/mol. The highest BCUT2D eigenvalue weighted by Gasteiger charge is 2.52. The molecule has 0 bridgehead atoms. The van der Waals surface area contributed by atoms with Crippen molar-refractivity contribution < 1.29 is 95.3 Å². The van der Waals surface area contributed by atoms with Gasteiger partial charge in [0.15, 0.2) is 18.4 Å². The average molecular weight is 821 g/mol. The predicted octanol–water partition coefficient (Wildman–Crippen LogP) is -2.53. The van der Waals surface area contributed by atoms with E-state index in [4.69, 9.17) is 48.6 Å². The molecule has 2 aliphatic rings. The van der Waals surface area contributed by atoms with Crippen LogP contribution in [0.25, 0.3) is 10.4 Å². The summed E-state index contributed by atoms with van der Waals surface area (Å²) in [5.74, 6) is -3.13. The Hall–Kier alpha value is -4.56. The first-order valence-electron chi connectivity index (χ1n) is 14.7. The minimum absolute atomic E-state index is 0.445. The molecule has 3 rings (SSSR count). The number of ether oxygens (including phenoxy) is 6. The molecule has 1 aromatic rings. The molecule has 0 aromatic carbocycles. The number of urea groups is 1. The van der Waals surface area contributed by atoms with E-state index in [9.17, 15) is 52.9 Å². The number of esters is 4. The van der Waals surface area contributed by atoms with Crippen LogP contribution < -0.4 is 16.6 Å². The summed E-state index contributed by atoms with van der Waals surface area (Å²) in [7, 11) is -10.5. The Bertz CT molecular complexity index is 1810. The second kappa shape index (κ2) is 19.7. The second-order valence-electron chi connectivity index (χ2n) is 10.7. The number of phosphoric acid groups is 2. The van der Waals surface area contributed by atoms with Gasteiger partial charge >= 0.3 is 51.2 Å². The van der Waals surface area contributed by atoms with E-state index in [1.165, 1.54) is 0 Å². The smallest absolute Gasteiger partial charge is 0.463 e. The number of hydrogen-bond donors (Lipinski definition) is 7. The van der Waals surface area contributed by atoms with Crippen LogP contribution in [-0.2, 0) is 65.6 Å². The molecule has 302 valence electrons. The third-order valence-electron chi connectivity index (χ3n) is 6.48. The third-order valence-corrected chi connectivity index (χ3v) is 8.63. The number of H-pyrrole nitrogens is 1. The zero-order chi connectivity index (χ0) is 41.1. The number of nitrogens with zero attached hydrogens (tertiary/aromatic N) is 4. The van der Waals surface area contributed by atoms with Gasteiger partial charge in [0.25, 0.3) is 5.56 Å². The molecule has 54 heavy (non-hydrogen) atoms. The lowest BCUT2D eigenvalue weighted by molar-refractivity contribution is -0.270. The Labute approximate surface area is 300 Å². The van der Waals surface area contributed by atoms with Crippen LogP contribution in [-0.4, -0.2) is 127 Å². The first-order chi connectivity index (χ1) is 24.9. The number of hydrogen-bond acceptors (Lipinski definition) is 19. The van der Waals surface area contributed by atoms with E-state index in [-0.39, 0.29) is 0 Å². The van der Waals surface area contributed by atoms with Gasteiger partial charge in [0.2, 0.25) is 6.29 Å². The van der Waals surface area contributed by atoms with Gasteiger partial charge in [0.1, 0.15) is 37.1 Å². The van der Waals surface area contributed by atoms with Crippen LogP contribution in [0.2, 0.25) is 0 Å². The SMILES string of the molecule is CC(=O)OC[C@H]1OC(OC(C)=O)[C@H](NC(=O)N=[N+]=[N-])[C@@H](OC(C)=O)[C@@H]1OC(C)=O.O=c1ccn([C@@H]2O[C@H](COP(=O)(O)OP(=O)(O)O)[C@@H](O)[C@H]2O)c(=O)[nH]1. The summed E-state index contributed by atoms with van der Waals surface area (Å²) >= 11 is 0. The quantitative estimate of drug-likeness (QED) is 0.0285. The molecule has 2 amide bonds. The predicted molar refractivity (Wildman–Crippen MR) is 166 cm³/mol. The molecule has 3 heterocycles. The van der Waals surface area contributed by atoms with E-state index in [0.29, 0.717) is 0 Å². The molecule has 30 heteroatoms. The molecular formula is C24H34N6O22P2. The van der Waals surface area contributed by atoms with Gasteiger partial charge in [-0.05, 0) is 5.53 Å². The van der Waals surface area contributed by atoms with Gasteiger partial charge in [-0.3, -0.25) is 42.8 Å². The van der Waals surface area contributed by atoms with Crippen LogP contribution in [0.3, 0.4) is 0 Å². The van der Waals surface area contributed by atoms with Crippen molar-refractivity contribution >= 4 is 45.6 Å². The van der Waals surface area contributed by atoms with E-state index >= 15 is 0 Å². The number of carbonyl (C=O) groups excluding carboxylic acids is 5. The Balaban J connectivity index is 0.000000377. The van der Waals surface area contributed by atoms with Crippen molar-refractivity contribution in [3.05, 3.63) is 43.5 Å². The molecule has 2 unspecified atom stereocenters. The average Bonchev–Trinajstić information content (AvgIpc) is 3.29. The van der Waals surface area contributed by atoms with Crippen LogP contribution in [0, 0.1) is 0 Å². The van der Waals surface area contributed by atoms with E-state index in [2.05, 4.69) is 24.2 Å². The van der Waals surface area contributed by atoms with Crippen LogP contribution in [0.4, 0.5) is 4.79 Å². The monoisotopic (exact) mass is 820 g/mol. The summed E-state index contributed by atoms with van der Waals surface area (Å²) in [6.45, 7) is 2.95. The minimum Gasteiger partial charge on any atom is -0.463 e. The second-order valence-corrected chi connectivity index (χ2v) is 13.5. The van der Waals surface area contributed by atoms with Crippen molar-refractivity contribution in [3.8, 4) is 0 Å². The molecule has 1 aromatic heterocycles. The number of aliphatic hydroxyl groups is 2. The first kappa shape index (κ1) is 45.6. The minimum atomic E-state index is -5.32. The number of azide groups is 1. The Morgan fingerprint density at radius 2 is 1.50 bits per heavy atom. The Morgan fingerprint density at radius 3 is 2.02 bits per heavy atom. The van der Waals surface area contributed by atoms with Gasteiger partial charge in [-0.1, -0.05) is 0 Å². The first-order valence-corrected chi connectivity index (χ1v) is 17.7. The van der Waals surface area contributed by atoms with Crippen molar-refractivity contribution in [2.75, 3.05) is 13.2 Å². The van der Waals surface area contributed by atoms with Crippen molar-refractivity contribution in [1.82, 2.24) is 14.9 Å². The Kier molecular flexibility index (Phi) is 16.6. The zero-order valence-electron chi connectivity index (χ0n) is 28.1. The molecule has 2 saturated heterocycles. The van der Waals surface area contributed by atoms with E-state index in [1.54, 1.807) is 0 Å². The fourth-order valence-electron chi connectivity index (χ4n) is 4.58. The maximum atomic E-state index is 11.8. The molecule has 2 aliphatic heterocycles. The summed E-state index contributed by atoms with van der Waals surface area (Å²) in [5.41, 5.74) is 6.76. The summed E-state index contributed by atoms with van der Waals surface area (Å²) in [6, 6.07) is -1.65. The summed E-state index contributed by atoms with van der Waals surface area (Å²) in [4.78, 5) is 111. The summed E-state index contributed by atoms with van der Waals surface area (Å²) in [5, 5.41) is 24.8. The van der Waals surface area contributed by atoms with Gasteiger partial charge in [-0.2, -0.15) is 4.31 Å². The molecule has 0 aliphatic carbocycles. The van der Waals surface area contributed by atoms with Crippen molar-refractivity contribution in [2.24, 2.45) is 5.11 Å². The number of nitrogens with one attached hydrogen (secondary N) is 2. The highest BCUT2D eigenvalue weighted by molar-refractivity contribution is 7.60. The Morgan fingerprint density at radius 1 is 0.907 bits per heavy atom. The van der Waals surface area contributed by atoms with Crippen LogP contribution >= 0.6 is 15.6 Å². The number of aliphatic hydroxyl groups excluding tert-OH is 2. The van der Waals surface area contributed by atoms with Crippen LogP contribution in [0.1, 0.15) is 33.9 Å². The maximum Gasteiger partial charge on any atom is 0.481 e. The van der Waals surface area contributed by atoms with E-state index in [0.717, 1.165) is 44.5 Å². The van der Waals surface area contributed by atoms with E-state index < -0.39 is 125 Å². The highest BCUT2D eigenvalue weighted by Crippen LogP contribution is 2.57. The van der Waals surface area contributed by atoms with Crippen molar-refractivity contribution in [1.29, 1.82) is 0 Å². The van der Waals surface area contributed by atoms with Gasteiger partial charge in [-0.15, -0.1) is 0 Å². The fourth-order valence-corrected chi connectivity index (χ4v) is 6.18. The van der Waals surface area contributed by atoms with Gasteiger partial charge in [-0.25, -0.2) is 13.9 Å². The third kappa shape index (κ3) is 14.3. The summed E-state index contributed by atoms with van der Waals surface area (Å²) in [6.07, 6.45) is -10.8. The maximum absolute atomic E-state index is 11.8. The lowest BCUT2D eigenvalue weighted by Crippen LogP contribution is -2.66. The number of aromatic nitrogens is 2. The molecule has 28 nitrogen and oxygen atoms in total. The highest BCUT2D eigenvalue weighted by atomic mass is 31.3. The molecule has 7 N–H and O–H groups in total. The van der Waals surface area contributed by atoms with Gasteiger partial charge in [0.05, 0.1) is 6.61 Å². The molecule has 2 fully saturated rings. The lowest BCUT2D eigenvalue weighted by Gasteiger charge is -2.44. The number of phosphoric ester groups is 1. The number of amides is 2. The van der Waals surface area contributed by atoms with Gasteiger partial charge in [0, 0.05) is 50.0 Å². The standard InChI is InChI=1S/C15H20N4O10.C9H14N2O12P2/c1-6(20)25-5-10-12(26-7(2)21)13(27-8(3)22)11(17-15(24)18-19-16)14(29-10)28-9(4)23;12-5-1-2-11(9(15)10-5)8-7(14)6(13)4(22-8)3-21-25(19,20)23-24(16,17)18/h10-14H,5H2,1-4H3,(H,17,24);1-2,4,6-8,13-14H,3H2,(H,19,20)(H,10,12,15)(H2,16,17,18)/t10-,11-,12-,13-,14?;4-,6-,7-,8-/m11/s1. The van der Waals surface area contributed by atoms with Crippen molar-refractivity contribution in [3.63, 3.8) is 0 Å². The number of aromatic amines is 1. The molecule has 10 atom stereocenters. The van der Waals surface area contributed by atoms with E-state index in [1.807, 2.05) is 4.98 Å². The summed E-state index contributed by atoms with van der Waals surface area (Å²) < 4.78 is 61.3. The lowest BCUT2D eigenvalue weighted by atomic mass is 9.96. The van der Waals surface area contributed by atoms with Gasteiger partial charge < -0.3 is 58.6 Å². The van der Waals surface area contributed by atoms with Crippen LogP contribution in [0.15, 0.2) is 27.0 Å². The molecule has 0 saturated carbocycles. The number of rotatable bonds is 12.